The number of unbranched alkanes of at least 4 members (excludes halogenated alkanes) is 2. The first-order valence-corrected chi connectivity index (χ1v) is 7.11. The number of nitrogens with zero attached hydrogens (tertiary/aromatic N) is 2. The Balaban J connectivity index is 2.59. The summed E-state index contributed by atoms with van der Waals surface area (Å²) in [5.41, 5.74) is 0.834. The van der Waals surface area contributed by atoms with E-state index in [1.165, 1.54) is 0 Å². The molecule has 20 heavy (non-hydrogen) atoms. The van der Waals surface area contributed by atoms with Gasteiger partial charge in [0.25, 0.3) is 0 Å². The van der Waals surface area contributed by atoms with Gasteiger partial charge in [-0.3, -0.25) is 4.98 Å². The van der Waals surface area contributed by atoms with E-state index in [-0.39, 0.29) is 12.1 Å². The van der Waals surface area contributed by atoms with Crippen LogP contribution in [0.4, 0.5) is 4.79 Å². The third-order valence-corrected chi connectivity index (χ3v) is 3.20. The largest absolute Gasteiger partial charge is 0.382 e. The monoisotopic (exact) mass is 279 g/mol. The number of aromatic nitrogens is 1. The average Bonchev–Trinajstić information content (AvgIpc) is 2.49. The fourth-order valence-electron chi connectivity index (χ4n) is 1.96. The Bertz CT molecular complexity index is 384. The summed E-state index contributed by atoms with van der Waals surface area (Å²) >= 11 is 0. The highest BCUT2D eigenvalue weighted by Gasteiger charge is 2.22. The van der Waals surface area contributed by atoms with E-state index in [4.69, 9.17) is 4.74 Å². The number of amides is 2. The number of pyridine rings is 1. The molecule has 0 saturated carbocycles. The molecule has 1 aromatic rings. The standard InChI is InChI=1S/C15H25N3O2/c1-4-5-7-11-17-15(19)18(2)14(12-20-3)13-9-6-8-10-16-13/h6,8-10,14H,4-5,7,11-12H2,1-3H3,(H,17,19). The van der Waals surface area contributed by atoms with Gasteiger partial charge in [-0.25, -0.2) is 4.79 Å². The number of rotatable bonds is 8. The molecule has 0 aromatic carbocycles. The van der Waals surface area contributed by atoms with Gasteiger partial charge in [0.05, 0.1) is 18.3 Å². The normalized spacial score (nSPS) is 11.9. The number of ether oxygens (including phenoxy) is 1. The van der Waals surface area contributed by atoms with E-state index in [9.17, 15) is 4.79 Å². The molecule has 0 saturated heterocycles. The van der Waals surface area contributed by atoms with Gasteiger partial charge < -0.3 is 15.0 Å². The van der Waals surface area contributed by atoms with Crippen molar-refractivity contribution >= 4 is 6.03 Å². The Morgan fingerprint density at radius 3 is 2.85 bits per heavy atom. The summed E-state index contributed by atoms with van der Waals surface area (Å²) < 4.78 is 5.21. The number of hydrogen-bond donors (Lipinski definition) is 1. The van der Waals surface area contributed by atoms with Crippen LogP contribution in [0.5, 0.6) is 0 Å². The van der Waals surface area contributed by atoms with Crippen molar-refractivity contribution in [1.29, 1.82) is 0 Å². The molecule has 0 fully saturated rings. The molecule has 0 aliphatic heterocycles. The molecule has 5 nitrogen and oxygen atoms in total. The van der Waals surface area contributed by atoms with Gasteiger partial charge in [0.1, 0.15) is 0 Å². The first kappa shape index (κ1) is 16.4. The zero-order valence-electron chi connectivity index (χ0n) is 12.6. The topological polar surface area (TPSA) is 54.5 Å². The molecule has 1 atom stereocenters. The van der Waals surface area contributed by atoms with Crippen LogP contribution in [0.15, 0.2) is 24.4 Å². The molecule has 1 heterocycles. The van der Waals surface area contributed by atoms with Gasteiger partial charge in [-0.05, 0) is 18.6 Å². The van der Waals surface area contributed by atoms with E-state index in [0.717, 1.165) is 25.0 Å². The highest BCUT2D eigenvalue weighted by molar-refractivity contribution is 5.74. The van der Waals surface area contributed by atoms with E-state index in [0.29, 0.717) is 13.2 Å². The number of carbonyl (C=O) groups is 1. The maximum absolute atomic E-state index is 12.1. The second-order valence-electron chi connectivity index (χ2n) is 4.78. The smallest absolute Gasteiger partial charge is 0.317 e. The minimum absolute atomic E-state index is 0.0891. The van der Waals surface area contributed by atoms with Gasteiger partial charge in [-0.1, -0.05) is 25.8 Å². The molecule has 112 valence electrons. The quantitative estimate of drug-likeness (QED) is 0.744. The SMILES string of the molecule is CCCCCNC(=O)N(C)C(COC)c1ccccn1. The first-order valence-electron chi connectivity index (χ1n) is 7.11. The minimum atomic E-state index is -0.174. The molecule has 1 N–H and O–H groups in total. The zero-order valence-corrected chi connectivity index (χ0v) is 12.6. The Morgan fingerprint density at radius 1 is 1.45 bits per heavy atom. The van der Waals surface area contributed by atoms with Crippen molar-refractivity contribution in [1.82, 2.24) is 15.2 Å². The average molecular weight is 279 g/mol. The van der Waals surface area contributed by atoms with E-state index in [1.807, 2.05) is 18.2 Å². The van der Waals surface area contributed by atoms with Crippen molar-refractivity contribution in [2.75, 3.05) is 27.3 Å². The maximum atomic E-state index is 12.1. The predicted octanol–water partition coefficient (Wildman–Crippen LogP) is 2.60. The van der Waals surface area contributed by atoms with Crippen molar-refractivity contribution in [2.45, 2.75) is 32.2 Å². The van der Waals surface area contributed by atoms with Crippen LogP contribution < -0.4 is 5.32 Å². The van der Waals surface area contributed by atoms with E-state index >= 15 is 0 Å². The highest BCUT2D eigenvalue weighted by Crippen LogP contribution is 2.17. The number of urea groups is 1. The summed E-state index contributed by atoms with van der Waals surface area (Å²) in [6, 6.07) is 5.42. The third kappa shape index (κ3) is 5.17. The van der Waals surface area contributed by atoms with E-state index in [2.05, 4.69) is 17.2 Å². The summed E-state index contributed by atoms with van der Waals surface area (Å²) in [6.07, 6.45) is 5.01. The van der Waals surface area contributed by atoms with Crippen molar-refractivity contribution in [3.8, 4) is 0 Å². The zero-order chi connectivity index (χ0) is 14.8. The minimum Gasteiger partial charge on any atom is -0.382 e. The van der Waals surface area contributed by atoms with Gasteiger partial charge in [0.15, 0.2) is 0 Å². The second-order valence-corrected chi connectivity index (χ2v) is 4.78. The maximum Gasteiger partial charge on any atom is 0.317 e. The van der Waals surface area contributed by atoms with Crippen LogP contribution in [-0.2, 0) is 4.74 Å². The summed E-state index contributed by atoms with van der Waals surface area (Å²) in [6.45, 7) is 3.28. The molecule has 5 heteroatoms. The molecule has 1 aromatic heterocycles. The van der Waals surface area contributed by atoms with Crippen LogP contribution in [0.1, 0.15) is 37.9 Å². The fraction of sp³-hybridized carbons (Fsp3) is 0.600. The number of nitrogens with one attached hydrogen (secondary N) is 1. The molecule has 0 aliphatic carbocycles. The molecule has 1 unspecified atom stereocenters. The molecular formula is C15H25N3O2. The molecule has 1 rings (SSSR count). The number of likely N-dealkylation sites (N-methyl/N-ethyl adjacent to an activating group) is 1. The summed E-state index contributed by atoms with van der Waals surface area (Å²) in [5.74, 6) is 0. The van der Waals surface area contributed by atoms with Crippen LogP contribution >= 0.6 is 0 Å². The van der Waals surface area contributed by atoms with Crippen LogP contribution in [0.3, 0.4) is 0 Å². The lowest BCUT2D eigenvalue weighted by Crippen LogP contribution is -2.41. The lowest BCUT2D eigenvalue weighted by atomic mass is 10.2. The summed E-state index contributed by atoms with van der Waals surface area (Å²) in [7, 11) is 3.40. The van der Waals surface area contributed by atoms with Gasteiger partial charge in [-0.2, -0.15) is 0 Å². The lowest BCUT2D eigenvalue weighted by Gasteiger charge is -2.27. The molecule has 0 aliphatic rings. The van der Waals surface area contributed by atoms with Crippen LogP contribution in [0, 0.1) is 0 Å². The Morgan fingerprint density at radius 2 is 2.25 bits per heavy atom. The Hall–Kier alpha value is -1.62. The van der Waals surface area contributed by atoms with Crippen molar-refractivity contribution < 1.29 is 9.53 Å². The third-order valence-electron chi connectivity index (χ3n) is 3.20. The molecule has 0 bridgehead atoms. The molecule has 0 spiro atoms. The lowest BCUT2D eigenvalue weighted by molar-refractivity contribution is 0.114. The van der Waals surface area contributed by atoms with Gasteiger partial charge >= 0.3 is 6.03 Å². The fourth-order valence-corrected chi connectivity index (χ4v) is 1.96. The van der Waals surface area contributed by atoms with Crippen LogP contribution in [-0.4, -0.2) is 43.2 Å². The highest BCUT2D eigenvalue weighted by atomic mass is 16.5. The Kier molecular flexibility index (Phi) is 7.65. The van der Waals surface area contributed by atoms with E-state index < -0.39 is 0 Å². The predicted molar refractivity (Wildman–Crippen MR) is 79.5 cm³/mol. The summed E-state index contributed by atoms with van der Waals surface area (Å²) in [4.78, 5) is 18.1. The molecule has 2 amide bonds. The van der Waals surface area contributed by atoms with Crippen molar-refractivity contribution in [3.05, 3.63) is 30.1 Å². The number of methoxy groups -OCH3 is 1. The van der Waals surface area contributed by atoms with Crippen molar-refractivity contribution in [2.24, 2.45) is 0 Å². The van der Waals surface area contributed by atoms with Crippen LogP contribution in [0.25, 0.3) is 0 Å². The van der Waals surface area contributed by atoms with E-state index in [1.54, 1.807) is 25.3 Å². The molecule has 0 radical (unpaired) electrons. The van der Waals surface area contributed by atoms with Gasteiger partial charge in [0.2, 0.25) is 0 Å². The second kappa shape index (κ2) is 9.31. The molecular weight excluding hydrogens is 254 g/mol. The number of carbonyl (C=O) groups excluding carboxylic acids is 1. The van der Waals surface area contributed by atoms with Crippen molar-refractivity contribution in [3.63, 3.8) is 0 Å². The number of hydrogen-bond acceptors (Lipinski definition) is 3. The Labute approximate surface area is 121 Å². The van der Waals surface area contributed by atoms with Crippen LogP contribution in [0.2, 0.25) is 0 Å². The van der Waals surface area contributed by atoms with Gasteiger partial charge in [-0.15, -0.1) is 0 Å². The van der Waals surface area contributed by atoms with Gasteiger partial charge in [0, 0.05) is 26.9 Å². The first-order chi connectivity index (χ1) is 9.70. The summed E-state index contributed by atoms with van der Waals surface area (Å²) in [5, 5.41) is 2.93.